The van der Waals surface area contributed by atoms with E-state index in [2.05, 4.69) is 0 Å². The molecule has 1 aromatic rings. The molecule has 25 heavy (non-hydrogen) atoms. The average Bonchev–Trinajstić information content (AvgIpc) is 2.51. The Bertz CT molecular complexity index is 752. The molecule has 0 bridgehead atoms. The van der Waals surface area contributed by atoms with E-state index >= 15 is 0 Å². The SMILES string of the molecule is CCN1c2ccc([N+](=O)[O-])cc2CC2(C(=O)OC(C)(C)OC2=O)[C@H]1C. The van der Waals surface area contributed by atoms with Gasteiger partial charge < -0.3 is 14.4 Å². The number of non-ortho nitro benzene ring substituents is 1. The summed E-state index contributed by atoms with van der Waals surface area (Å²) in [4.78, 5) is 38.1. The van der Waals surface area contributed by atoms with Crippen LogP contribution >= 0.6 is 0 Å². The third kappa shape index (κ3) is 2.43. The Morgan fingerprint density at radius 1 is 1.28 bits per heavy atom. The molecule has 2 aliphatic rings. The highest BCUT2D eigenvalue weighted by Gasteiger charge is 2.62. The number of anilines is 1. The van der Waals surface area contributed by atoms with E-state index in [1.807, 2.05) is 11.8 Å². The van der Waals surface area contributed by atoms with Gasteiger partial charge in [0.15, 0.2) is 5.41 Å². The van der Waals surface area contributed by atoms with Gasteiger partial charge in [0.2, 0.25) is 0 Å². The lowest BCUT2D eigenvalue weighted by atomic mass is 9.71. The summed E-state index contributed by atoms with van der Waals surface area (Å²) in [6.07, 6.45) is 0.00935. The fourth-order valence-electron chi connectivity index (χ4n) is 3.69. The van der Waals surface area contributed by atoms with E-state index < -0.39 is 34.1 Å². The second kappa shape index (κ2) is 5.44. The maximum absolute atomic E-state index is 12.8. The zero-order valence-electron chi connectivity index (χ0n) is 14.6. The summed E-state index contributed by atoms with van der Waals surface area (Å²) >= 11 is 0. The monoisotopic (exact) mass is 348 g/mol. The molecule has 1 saturated heterocycles. The molecule has 0 N–H and O–H groups in total. The number of fused-ring (bicyclic) bond motifs is 1. The van der Waals surface area contributed by atoms with Crippen molar-refractivity contribution in [1.29, 1.82) is 0 Å². The number of nitrogens with zero attached hydrogens (tertiary/aromatic N) is 2. The number of nitro benzene ring substituents is 1. The van der Waals surface area contributed by atoms with Gasteiger partial charge in [0, 0.05) is 44.6 Å². The van der Waals surface area contributed by atoms with Crippen molar-refractivity contribution in [3.63, 3.8) is 0 Å². The van der Waals surface area contributed by atoms with Crippen LogP contribution in [0.1, 0.15) is 33.3 Å². The minimum Gasteiger partial charge on any atom is -0.422 e. The number of nitro groups is 1. The van der Waals surface area contributed by atoms with Crippen LogP contribution in [0, 0.1) is 15.5 Å². The molecule has 8 heteroatoms. The Balaban J connectivity index is 2.15. The van der Waals surface area contributed by atoms with Crippen molar-refractivity contribution < 1.29 is 24.0 Å². The first-order valence-corrected chi connectivity index (χ1v) is 8.13. The van der Waals surface area contributed by atoms with Crippen LogP contribution < -0.4 is 4.90 Å². The number of esters is 2. The molecule has 8 nitrogen and oxygen atoms in total. The molecule has 0 unspecified atom stereocenters. The number of hydrogen-bond donors (Lipinski definition) is 0. The van der Waals surface area contributed by atoms with E-state index in [0.717, 1.165) is 5.69 Å². The average molecular weight is 348 g/mol. The van der Waals surface area contributed by atoms with Crippen molar-refractivity contribution in [3.05, 3.63) is 33.9 Å². The Morgan fingerprint density at radius 2 is 1.88 bits per heavy atom. The van der Waals surface area contributed by atoms with Gasteiger partial charge in [-0.15, -0.1) is 0 Å². The largest absolute Gasteiger partial charge is 0.422 e. The first-order valence-electron chi connectivity index (χ1n) is 8.13. The molecular weight excluding hydrogens is 328 g/mol. The zero-order valence-corrected chi connectivity index (χ0v) is 14.6. The van der Waals surface area contributed by atoms with Crippen molar-refractivity contribution in [2.45, 2.75) is 45.9 Å². The Hall–Kier alpha value is -2.64. The number of hydrogen-bond acceptors (Lipinski definition) is 7. The van der Waals surface area contributed by atoms with Gasteiger partial charge in [-0.2, -0.15) is 0 Å². The van der Waals surface area contributed by atoms with Crippen LogP contribution in [0.25, 0.3) is 0 Å². The predicted octanol–water partition coefficient (Wildman–Crippen LogP) is 2.19. The lowest BCUT2D eigenvalue weighted by molar-refractivity contribution is -0.384. The molecule has 0 aliphatic carbocycles. The van der Waals surface area contributed by atoms with E-state index in [4.69, 9.17) is 9.47 Å². The quantitative estimate of drug-likeness (QED) is 0.349. The number of carbonyl (C=O) groups is 2. The molecule has 1 spiro atoms. The van der Waals surface area contributed by atoms with Crippen LogP contribution in [0.5, 0.6) is 0 Å². The van der Waals surface area contributed by atoms with Crippen LogP contribution in [0.4, 0.5) is 11.4 Å². The molecule has 0 radical (unpaired) electrons. The summed E-state index contributed by atoms with van der Waals surface area (Å²) in [5, 5.41) is 11.1. The maximum Gasteiger partial charge on any atom is 0.329 e. The van der Waals surface area contributed by atoms with Crippen molar-refractivity contribution >= 4 is 23.3 Å². The molecule has 1 aromatic carbocycles. The topological polar surface area (TPSA) is 99.0 Å². The molecule has 2 aliphatic heterocycles. The summed E-state index contributed by atoms with van der Waals surface area (Å²) in [5.41, 5.74) is -0.287. The standard InChI is InChI=1S/C17H20N2O6/c1-5-18-10(2)17(14(20)24-16(3,4)25-15(17)21)9-11-8-12(19(22)23)6-7-13(11)18/h6-8,10H,5,9H2,1-4H3/t10-/m1/s1. The predicted molar refractivity (Wildman–Crippen MR) is 88.0 cm³/mol. The van der Waals surface area contributed by atoms with Crippen molar-refractivity contribution in [3.8, 4) is 0 Å². The van der Waals surface area contributed by atoms with Gasteiger partial charge in [-0.1, -0.05) is 0 Å². The van der Waals surface area contributed by atoms with E-state index in [0.29, 0.717) is 12.1 Å². The summed E-state index contributed by atoms with van der Waals surface area (Å²) in [6, 6.07) is 3.99. The van der Waals surface area contributed by atoms with Gasteiger partial charge in [0.25, 0.3) is 11.5 Å². The number of ether oxygens (including phenoxy) is 2. The van der Waals surface area contributed by atoms with Gasteiger partial charge in [0.1, 0.15) is 0 Å². The van der Waals surface area contributed by atoms with Crippen LogP contribution in [0.3, 0.4) is 0 Å². The van der Waals surface area contributed by atoms with Crippen LogP contribution in [0.2, 0.25) is 0 Å². The maximum atomic E-state index is 12.8. The number of benzene rings is 1. The highest BCUT2D eigenvalue weighted by Crippen LogP contribution is 2.47. The van der Waals surface area contributed by atoms with Crippen molar-refractivity contribution in [2.75, 3.05) is 11.4 Å². The van der Waals surface area contributed by atoms with Crippen LogP contribution in [-0.2, 0) is 25.5 Å². The summed E-state index contributed by atoms with van der Waals surface area (Å²) in [7, 11) is 0. The van der Waals surface area contributed by atoms with Crippen molar-refractivity contribution in [1.82, 2.24) is 0 Å². The molecule has 2 heterocycles. The van der Waals surface area contributed by atoms with E-state index in [1.54, 1.807) is 13.0 Å². The molecular formula is C17H20N2O6. The Labute approximate surface area is 144 Å². The van der Waals surface area contributed by atoms with Gasteiger partial charge in [-0.25, -0.2) is 0 Å². The highest BCUT2D eigenvalue weighted by molar-refractivity contribution is 6.04. The normalized spacial score (nSPS) is 23.7. The minimum atomic E-state index is -1.53. The highest BCUT2D eigenvalue weighted by atomic mass is 16.7. The Kier molecular flexibility index (Phi) is 3.74. The molecule has 0 aromatic heterocycles. The van der Waals surface area contributed by atoms with E-state index in [-0.39, 0.29) is 12.1 Å². The fraction of sp³-hybridized carbons (Fsp3) is 0.529. The van der Waals surface area contributed by atoms with Gasteiger partial charge >= 0.3 is 11.9 Å². The van der Waals surface area contributed by atoms with Gasteiger partial charge in [-0.3, -0.25) is 19.7 Å². The zero-order chi connectivity index (χ0) is 18.6. The smallest absolute Gasteiger partial charge is 0.329 e. The fourth-order valence-corrected chi connectivity index (χ4v) is 3.69. The summed E-state index contributed by atoms with van der Waals surface area (Å²) in [6.45, 7) is 7.19. The van der Waals surface area contributed by atoms with Crippen molar-refractivity contribution in [2.24, 2.45) is 5.41 Å². The first-order chi connectivity index (χ1) is 11.6. The molecule has 0 amide bonds. The third-order valence-corrected chi connectivity index (χ3v) is 4.98. The Morgan fingerprint density at radius 3 is 2.40 bits per heavy atom. The minimum absolute atomic E-state index is 0.00935. The molecule has 3 rings (SSSR count). The van der Waals surface area contributed by atoms with E-state index in [9.17, 15) is 19.7 Å². The summed E-state index contributed by atoms with van der Waals surface area (Å²) in [5.74, 6) is -2.63. The third-order valence-electron chi connectivity index (χ3n) is 4.98. The number of rotatable bonds is 2. The second-order valence-corrected chi connectivity index (χ2v) is 6.86. The molecule has 134 valence electrons. The lowest BCUT2D eigenvalue weighted by Crippen LogP contribution is -2.65. The van der Waals surface area contributed by atoms with Gasteiger partial charge in [-0.05, 0) is 25.5 Å². The number of cyclic esters (lactones) is 2. The molecule has 1 fully saturated rings. The lowest BCUT2D eigenvalue weighted by Gasteiger charge is -2.50. The van der Waals surface area contributed by atoms with Crippen LogP contribution in [-0.4, -0.2) is 35.2 Å². The molecule has 1 atom stereocenters. The van der Waals surface area contributed by atoms with Crippen LogP contribution in [0.15, 0.2) is 18.2 Å². The van der Waals surface area contributed by atoms with Gasteiger partial charge in [0.05, 0.1) is 11.0 Å². The molecule has 0 saturated carbocycles. The summed E-state index contributed by atoms with van der Waals surface area (Å²) < 4.78 is 10.7. The number of carbonyl (C=O) groups excluding carboxylic acids is 2. The van der Waals surface area contributed by atoms with E-state index in [1.165, 1.54) is 26.0 Å². The first kappa shape index (κ1) is 17.2. The second-order valence-electron chi connectivity index (χ2n) is 6.86.